The van der Waals surface area contributed by atoms with Gasteiger partial charge in [-0.15, -0.1) is 5.10 Å². The van der Waals surface area contributed by atoms with E-state index < -0.39 is 14.9 Å². The first-order valence-electron chi connectivity index (χ1n) is 9.22. The van der Waals surface area contributed by atoms with Gasteiger partial charge in [0, 0.05) is 19.2 Å². The fourth-order valence-corrected chi connectivity index (χ4v) is 5.58. The number of tetrazole rings is 1. The Balaban J connectivity index is 1.63. The Morgan fingerprint density at radius 3 is 2.53 bits per heavy atom. The van der Waals surface area contributed by atoms with Crippen LogP contribution in [0.15, 0.2) is 63.5 Å². The Kier molecular flexibility index (Phi) is 5.79. The number of nitrogens with zero attached hydrogens (tertiary/aromatic N) is 6. The van der Waals surface area contributed by atoms with Crippen LogP contribution in [0.2, 0.25) is 0 Å². The number of nitro benzene ring substituents is 1. The van der Waals surface area contributed by atoms with Crippen molar-refractivity contribution < 1.29 is 13.3 Å². The summed E-state index contributed by atoms with van der Waals surface area (Å²) >= 11 is 1.02. The van der Waals surface area contributed by atoms with Crippen molar-refractivity contribution >= 4 is 27.5 Å². The molecule has 1 aromatic heterocycles. The molecular weight excluding hydrogens is 428 g/mol. The summed E-state index contributed by atoms with van der Waals surface area (Å²) in [6, 6.07) is 13.5. The summed E-state index contributed by atoms with van der Waals surface area (Å²) in [5.74, 6) is 0. The second-order valence-corrected chi connectivity index (χ2v) is 9.65. The molecule has 2 heterocycles. The van der Waals surface area contributed by atoms with Gasteiger partial charge in [-0.2, -0.15) is 4.31 Å². The van der Waals surface area contributed by atoms with E-state index in [-0.39, 0.29) is 15.5 Å². The predicted molar refractivity (Wildman–Crippen MR) is 109 cm³/mol. The van der Waals surface area contributed by atoms with Gasteiger partial charge in [0.15, 0.2) is 0 Å². The average molecular weight is 447 g/mol. The van der Waals surface area contributed by atoms with Gasteiger partial charge in [-0.1, -0.05) is 30.3 Å². The highest BCUT2D eigenvalue weighted by Crippen LogP contribution is 2.36. The van der Waals surface area contributed by atoms with Crippen LogP contribution in [0.1, 0.15) is 18.4 Å². The van der Waals surface area contributed by atoms with Gasteiger partial charge in [-0.05, 0) is 52.7 Å². The van der Waals surface area contributed by atoms with Crippen LogP contribution in [-0.4, -0.2) is 50.9 Å². The van der Waals surface area contributed by atoms with E-state index in [9.17, 15) is 18.5 Å². The van der Waals surface area contributed by atoms with Crippen LogP contribution >= 0.6 is 11.8 Å². The summed E-state index contributed by atoms with van der Waals surface area (Å²) in [4.78, 5) is 11.3. The molecule has 1 aliphatic rings. The molecule has 0 unspecified atom stereocenters. The molecule has 0 radical (unpaired) electrons. The van der Waals surface area contributed by atoms with E-state index >= 15 is 0 Å². The highest BCUT2D eigenvalue weighted by atomic mass is 32.2. The van der Waals surface area contributed by atoms with Gasteiger partial charge >= 0.3 is 0 Å². The van der Waals surface area contributed by atoms with Gasteiger partial charge in [0.1, 0.15) is 0 Å². The molecule has 2 aromatic carbocycles. The minimum atomic E-state index is -3.75. The minimum Gasteiger partial charge on any atom is -0.258 e. The molecule has 0 atom stereocenters. The number of benzene rings is 2. The molecule has 4 rings (SSSR count). The van der Waals surface area contributed by atoms with Crippen molar-refractivity contribution in [1.82, 2.24) is 24.5 Å². The van der Waals surface area contributed by atoms with Crippen LogP contribution in [0.3, 0.4) is 0 Å². The largest absolute Gasteiger partial charge is 0.284 e. The number of aromatic nitrogens is 4. The highest BCUT2D eigenvalue weighted by Gasteiger charge is 2.30. The third-order valence-corrected chi connectivity index (χ3v) is 7.64. The number of hydrogen-bond donors (Lipinski definition) is 0. The first-order valence-corrected chi connectivity index (χ1v) is 11.5. The molecule has 1 saturated heterocycles. The molecular formula is C18H18N6O4S2. The van der Waals surface area contributed by atoms with E-state index in [0.29, 0.717) is 24.8 Å². The molecule has 0 saturated carbocycles. The number of nitro groups is 1. The predicted octanol–water partition coefficient (Wildman–Crippen LogP) is 2.57. The maximum atomic E-state index is 12.8. The van der Waals surface area contributed by atoms with Crippen LogP contribution in [-0.2, 0) is 16.6 Å². The van der Waals surface area contributed by atoms with Gasteiger partial charge in [0.05, 0.1) is 21.3 Å². The molecule has 0 amide bonds. The van der Waals surface area contributed by atoms with E-state index in [1.165, 1.54) is 16.4 Å². The molecule has 30 heavy (non-hydrogen) atoms. The number of hydrogen-bond acceptors (Lipinski definition) is 8. The van der Waals surface area contributed by atoms with Crippen molar-refractivity contribution in [2.75, 3.05) is 13.1 Å². The van der Waals surface area contributed by atoms with Crippen LogP contribution < -0.4 is 0 Å². The van der Waals surface area contributed by atoms with E-state index in [2.05, 4.69) is 15.5 Å². The third-order valence-electron chi connectivity index (χ3n) is 4.71. The lowest BCUT2D eigenvalue weighted by atomic mass is 10.2. The van der Waals surface area contributed by atoms with Crippen LogP contribution in [0.25, 0.3) is 0 Å². The molecule has 0 aliphatic carbocycles. The standard InChI is InChI=1S/C18H18N6O4S2/c25-24(26)16-12-15(30(27,28)22-10-4-5-11-22)8-9-17(16)29-18-19-20-21-23(18)13-14-6-2-1-3-7-14/h1-3,6-9,12H,4-5,10-11,13H2. The van der Waals surface area contributed by atoms with Crippen molar-refractivity contribution in [3.05, 3.63) is 64.2 Å². The number of rotatable bonds is 7. The zero-order valence-corrected chi connectivity index (χ0v) is 17.4. The minimum absolute atomic E-state index is 0.0793. The second-order valence-electron chi connectivity index (χ2n) is 6.70. The maximum Gasteiger partial charge on any atom is 0.284 e. The molecule has 0 N–H and O–H groups in total. The monoisotopic (exact) mass is 446 g/mol. The van der Waals surface area contributed by atoms with Gasteiger partial charge in [-0.25, -0.2) is 13.1 Å². The van der Waals surface area contributed by atoms with Crippen molar-refractivity contribution in [3.63, 3.8) is 0 Å². The lowest BCUT2D eigenvalue weighted by Gasteiger charge is -2.15. The van der Waals surface area contributed by atoms with Crippen molar-refractivity contribution in [2.45, 2.75) is 34.3 Å². The smallest absolute Gasteiger partial charge is 0.258 e. The number of sulfonamides is 1. The lowest BCUT2D eigenvalue weighted by molar-refractivity contribution is -0.388. The zero-order chi connectivity index (χ0) is 21.1. The Labute approximate surface area is 177 Å². The average Bonchev–Trinajstić information content (AvgIpc) is 3.42. The van der Waals surface area contributed by atoms with Gasteiger partial charge in [0.2, 0.25) is 15.2 Å². The van der Waals surface area contributed by atoms with E-state index in [0.717, 1.165) is 36.2 Å². The fraction of sp³-hybridized carbons (Fsp3) is 0.278. The summed E-state index contributed by atoms with van der Waals surface area (Å²) in [6.07, 6.45) is 1.58. The first kappa shape index (κ1) is 20.4. The summed E-state index contributed by atoms with van der Waals surface area (Å²) in [7, 11) is -3.75. The zero-order valence-electron chi connectivity index (χ0n) is 15.8. The molecule has 3 aromatic rings. The van der Waals surface area contributed by atoms with Gasteiger partial charge in [0.25, 0.3) is 5.69 Å². The Morgan fingerprint density at radius 1 is 1.10 bits per heavy atom. The summed E-state index contributed by atoms with van der Waals surface area (Å²) in [5, 5.41) is 23.6. The molecule has 0 spiro atoms. The Morgan fingerprint density at radius 2 is 1.83 bits per heavy atom. The van der Waals surface area contributed by atoms with E-state index in [1.54, 1.807) is 4.68 Å². The molecule has 0 bridgehead atoms. The normalized spacial score (nSPS) is 14.8. The van der Waals surface area contributed by atoms with Crippen molar-refractivity contribution in [1.29, 1.82) is 0 Å². The topological polar surface area (TPSA) is 124 Å². The molecule has 1 fully saturated rings. The Bertz CT molecular complexity index is 1160. The Hall–Kier alpha value is -2.83. The van der Waals surface area contributed by atoms with Crippen molar-refractivity contribution in [2.24, 2.45) is 0 Å². The van der Waals surface area contributed by atoms with E-state index in [1.807, 2.05) is 30.3 Å². The van der Waals surface area contributed by atoms with Crippen LogP contribution in [0.5, 0.6) is 0 Å². The quantitative estimate of drug-likeness (QED) is 0.401. The first-order chi connectivity index (χ1) is 14.4. The maximum absolute atomic E-state index is 12.8. The van der Waals surface area contributed by atoms with Gasteiger partial charge in [-0.3, -0.25) is 10.1 Å². The molecule has 10 nitrogen and oxygen atoms in total. The van der Waals surface area contributed by atoms with Gasteiger partial charge < -0.3 is 0 Å². The van der Waals surface area contributed by atoms with Crippen molar-refractivity contribution in [3.8, 4) is 0 Å². The second kappa shape index (κ2) is 8.50. The third kappa shape index (κ3) is 4.20. The van der Waals surface area contributed by atoms with E-state index in [4.69, 9.17) is 0 Å². The lowest BCUT2D eigenvalue weighted by Crippen LogP contribution is -2.27. The summed E-state index contributed by atoms with van der Waals surface area (Å²) in [5.41, 5.74) is 0.683. The molecule has 156 valence electrons. The SMILES string of the molecule is O=[N+]([O-])c1cc(S(=O)(=O)N2CCCC2)ccc1Sc1nnnn1Cc1ccccc1. The summed E-state index contributed by atoms with van der Waals surface area (Å²) in [6.45, 7) is 1.27. The molecule has 1 aliphatic heterocycles. The van der Waals surface area contributed by atoms with Crippen LogP contribution in [0, 0.1) is 10.1 Å². The van der Waals surface area contributed by atoms with Crippen LogP contribution in [0.4, 0.5) is 5.69 Å². The molecule has 12 heteroatoms. The highest BCUT2D eigenvalue weighted by molar-refractivity contribution is 7.99. The fourth-order valence-electron chi connectivity index (χ4n) is 3.19. The summed E-state index contributed by atoms with van der Waals surface area (Å²) < 4.78 is 28.4.